The molecule has 0 N–H and O–H groups in total. The van der Waals surface area contributed by atoms with Crippen LogP contribution in [0.3, 0.4) is 0 Å². The molecule has 23 heavy (non-hydrogen) atoms. The second-order valence-corrected chi connectivity index (χ2v) is 7.29. The lowest BCUT2D eigenvalue weighted by Gasteiger charge is -2.09. The molecule has 0 bridgehead atoms. The van der Waals surface area contributed by atoms with E-state index in [2.05, 4.69) is 10.1 Å². The van der Waals surface area contributed by atoms with Crippen molar-refractivity contribution in [2.45, 2.75) is 52.0 Å². The quantitative estimate of drug-likeness (QED) is 0.722. The Morgan fingerprint density at radius 3 is 2.87 bits per heavy atom. The van der Waals surface area contributed by atoms with Gasteiger partial charge in [-0.15, -0.1) is 11.3 Å². The number of aryl methyl sites for hydroxylation is 3. The number of aromatic nitrogens is 3. The van der Waals surface area contributed by atoms with Gasteiger partial charge in [0.15, 0.2) is 0 Å². The second kappa shape index (κ2) is 5.92. The molecule has 0 spiro atoms. The molecule has 0 saturated heterocycles. The molecule has 0 saturated carbocycles. The summed E-state index contributed by atoms with van der Waals surface area (Å²) in [6.07, 6.45) is 8.64. The van der Waals surface area contributed by atoms with Crippen molar-refractivity contribution in [1.82, 2.24) is 14.7 Å². The first kappa shape index (κ1) is 14.6. The van der Waals surface area contributed by atoms with Gasteiger partial charge in [0.1, 0.15) is 16.3 Å². The van der Waals surface area contributed by atoms with Crippen molar-refractivity contribution in [2.75, 3.05) is 0 Å². The summed E-state index contributed by atoms with van der Waals surface area (Å²) >= 11 is 1.70. The highest BCUT2D eigenvalue weighted by Crippen LogP contribution is 2.32. The topological polar surface area (TPSA) is 60.9 Å². The molecule has 0 unspecified atom stereocenters. The molecule has 3 aromatic heterocycles. The van der Waals surface area contributed by atoms with E-state index in [1.165, 1.54) is 29.7 Å². The van der Waals surface area contributed by atoms with Crippen LogP contribution in [0.5, 0.6) is 0 Å². The van der Waals surface area contributed by atoms with Crippen LogP contribution in [0.25, 0.3) is 10.2 Å². The van der Waals surface area contributed by atoms with E-state index < -0.39 is 0 Å². The molecular weight excluding hydrogens is 310 g/mol. The third-order valence-electron chi connectivity index (χ3n) is 4.45. The van der Waals surface area contributed by atoms with Crippen molar-refractivity contribution >= 4 is 21.6 Å². The Kier molecular flexibility index (Phi) is 3.77. The van der Waals surface area contributed by atoms with Crippen LogP contribution < -0.4 is 5.56 Å². The van der Waals surface area contributed by atoms with Gasteiger partial charge in [0.05, 0.1) is 18.3 Å². The Morgan fingerprint density at radius 1 is 1.26 bits per heavy atom. The van der Waals surface area contributed by atoms with Crippen LogP contribution in [0.4, 0.5) is 0 Å². The van der Waals surface area contributed by atoms with E-state index in [9.17, 15) is 4.79 Å². The van der Waals surface area contributed by atoms with Crippen LogP contribution in [-0.4, -0.2) is 14.7 Å². The molecular formula is C17H19N3O2S. The molecule has 0 atom stereocenters. The van der Waals surface area contributed by atoms with Crippen LogP contribution in [0.15, 0.2) is 21.7 Å². The van der Waals surface area contributed by atoms with E-state index in [0.717, 1.165) is 40.9 Å². The Balaban J connectivity index is 1.80. The molecule has 1 aliphatic rings. The highest BCUT2D eigenvalue weighted by Gasteiger charge is 2.18. The first-order valence-electron chi connectivity index (χ1n) is 8.14. The van der Waals surface area contributed by atoms with Crippen molar-refractivity contribution in [1.29, 1.82) is 0 Å². The monoisotopic (exact) mass is 329 g/mol. The van der Waals surface area contributed by atoms with Gasteiger partial charge in [-0.1, -0.05) is 18.0 Å². The molecule has 0 amide bonds. The maximum Gasteiger partial charge on any atom is 0.262 e. The van der Waals surface area contributed by atoms with Gasteiger partial charge < -0.3 is 4.52 Å². The number of thiophene rings is 1. The Hall–Kier alpha value is -1.95. The van der Waals surface area contributed by atoms with Gasteiger partial charge in [0.25, 0.3) is 5.56 Å². The largest absolute Gasteiger partial charge is 0.361 e. The zero-order valence-electron chi connectivity index (χ0n) is 13.2. The van der Waals surface area contributed by atoms with E-state index >= 15 is 0 Å². The molecule has 4 rings (SSSR count). The third kappa shape index (κ3) is 2.72. The lowest BCUT2D eigenvalue weighted by atomic mass is 9.98. The fourth-order valence-corrected chi connectivity index (χ4v) is 4.53. The van der Waals surface area contributed by atoms with Gasteiger partial charge in [-0.2, -0.15) is 0 Å². The van der Waals surface area contributed by atoms with Gasteiger partial charge in [0.2, 0.25) is 0 Å². The zero-order chi connectivity index (χ0) is 15.8. The van der Waals surface area contributed by atoms with Gasteiger partial charge in [-0.05, 0) is 38.2 Å². The normalized spacial score (nSPS) is 15.3. The molecule has 3 heterocycles. The minimum atomic E-state index is 0.0497. The van der Waals surface area contributed by atoms with E-state index in [4.69, 9.17) is 4.52 Å². The third-order valence-corrected chi connectivity index (χ3v) is 5.65. The zero-order valence-corrected chi connectivity index (χ0v) is 14.0. The predicted molar refractivity (Wildman–Crippen MR) is 90.1 cm³/mol. The smallest absolute Gasteiger partial charge is 0.262 e. The summed E-state index contributed by atoms with van der Waals surface area (Å²) in [5.74, 6) is 0.753. The van der Waals surface area contributed by atoms with Crippen LogP contribution >= 0.6 is 11.3 Å². The summed E-state index contributed by atoms with van der Waals surface area (Å²) in [7, 11) is 0. The van der Waals surface area contributed by atoms with Gasteiger partial charge >= 0.3 is 0 Å². The number of hydrogen-bond donors (Lipinski definition) is 0. The maximum absolute atomic E-state index is 12.9. The summed E-state index contributed by atoms with van der Waals surface area (Å²) in [5, 5.41) is 4.80. The van der Waals surface area contributed by atoms with Gasteiger partial charge in [0, 0.05) is 10.9 Å². The van der Waals surface area contributed by atoms with Crippen molar-refractivity contribution in [3.63, 3.8) is 0 Å². The van der Waals surface area contributed by atoms with Crippen LogP contribution in [-0.2, 0) is 19.4 Å². The molecule has 5 nitrogen and oxygen atoms in total. The molecule has 6 heteroatoms. The second-order valence-electron chi connectivity index (χ2n) is 6.20. The highest BCUT2D eigenvalue weighted by molar-refractivity contribution is 7.18. The molecule has 0 radical (unpaired) electrons. The van der Waals surface area contributed by atoms with Crippen molar-refractivity contribution in [3.05, 3.63) is 44.6 Å². The van der Waals surface area contributed by atoms with E-state index in [1.807, 2.05) is 13.0 Å². The highest BCUT2D eigenvalue weighted by atomic mass is 32.1. The summed E-state index contributed by atoms with van der Waals surface area (Å²) in [6, 6.07) is 1.86. The lowest BCUT2D eigenvalue weighted by molar-refractivity contribution is 0.388. The molecule has 0 aliphatic heterocycles. The van der Waals surface area contributed by atoms with Gasteiger partial charge in [-0.25, -0.2) is 4.98 Å². The van der Waals surface area contributed by atoms with Crippen molar-refractivity contribution in [3.8, 4) is 0 Å². The predicted octanol–water partition coefficient (Wildman–Crippen LogP) is 3.46. The Morgan fingerprint density at radius 2 is 2.09 bits per heavy atom. The molecule has 120 valence electrons. The van der Waals surface area contributed by atoms with E-state index in [-0.39, 0.29) is 5.56 Å². The van der Waals surface area contributed by atoms with Crippen molar-refractivity contribution in [2.24, 2.45) is 0 Å². The van der Waals surface area contributed by atoms with Crippen molar-refractivity contribution < 1.29 is 4.52 Å². The van der Waals surface area contributed by atoms with Crippen LogP contribution in [0.1, 0.15) is 47.6 Å². The van der Waals surface area contributed by atoms with Crippen LogP contribution in [0, 0.1) is 6.92 Å². The minimum Gasteiger partial charge on any atom is -0.361 e. The summed E-state index contributed by atoms with van der Waals surface area (Å²) in [4.78, 5) is 19.7. The van der Waals surface area contributed by atoms with Gasteiger partial charge in [-0.3, -0.25) is 9.36 Å². The lowest BCUT2D eigenvalue weighted by Crippen LogP contribution is -2.21. The molecule has 1 aliphatic carbocycles. The number of nitrogens with zero attached hydrogens (tertiary/aromatic N) is 3. The standard InChI is InChI=1S/C17H19N3O2S/c1-11-8-12(19-22-11)9-20-10-18-16-15(17(20)21)13-6-4-2-3-5-7-14(13)23-16/h8,10H,2-7,9H2,1H3. The Labute approximate surface area is 138 Å². The maximum atomic E-state index is 12.9. The number of hydrogen-bond acceptors (Lipinski definition) is 5. The van der Waals surface area contributed by atoms with E-state index in [0.29, 0.717) is 6.54 Å². The molecule has 0 fully saturated rings. The van der Waals surface area contributed by atoms with Crippen LogP contribution in [0.2, 0.25) is 0 Å². The average Bonchev–Trinajstić information content (AvgIpc) is 3.06. The first-order chi connectivity index (χ1) is 11.2. The average molecular weight is 329 g/mol. The van der Waals surface area contributed by atoms with E-state index in [1.54, 1.807) is 22.2 Å². The summed E-state index contributed by atoms with van der Waals surface area (Å²) in [5.41, 5.74) is 2.05. The fraction of sp³-hybridized carbons (Fsp3) is 0.471. The molecule has 0 aromatic carbocycles. The summed E-state index contributed by atoms with van der Waals surface area (Å²) in [6.45, 7) is 2.26. The number of rotatable bonds is 2. The Bertz CT molecular complexity index is 906. The minimum absolute atomic E-state index is 0.0497. The fourth-order valence-electron chi connectivity index (χ4n) is 3.31. The molecule has 3 aromatic rings. The first-order valence-corrected chi connectivity index (χ1v) is 8.96. The summed E-state index contributed by atoms with van der Waals surface area (Å²) < 4.78 is 6.73. The number of fused-ring (bicyclic) bond motifs is 3. The SMILES string of the molecule is Cc1cc(Cn2cnc3sc4c(c3c2=O)CCCCCC4)no1.